The summed E-state index contributed by atoms with van der Waals surface area (Å²) in [5.74, 6) is -0.0115. The van der Waals surface area contributed by atoms with Crippen molar-refractivity contribution in [3.8, 4) is 5.75 Å². The molecule has 36 heavy (non-hydrogen) atoms. The lowest BCUT2D eigenvalue weighted by Gasteiger charge is -2.25. The number of carbonyl (C=O) groups is 2. The molecule has 0 spiro atoms. The third kappa shape index (κ3) is 9.21. The third-order valence-corrected chi connectivity index (χ3v) is 6.69. The highest BCUT2D eigenvalue weighted by Crippen LogP contribution is 2.23. The second kappa shape index (κ2) is 14.5. The van der Waals surface area contributed by atoms with E-state index in [1.54, 1.807) is 19.9 Å². The number of urea groups is 1. The van der Waals surface area contributed by atoms with Gasteiger partial charge in [0.1, 0.15) is 5.75 Å². The number of rotatable bonds is 15. The van der Waals surface area contributed by atoms with Crippen molar-refractivity contribution in [1.29, 1.82) is 0 Å². The standard InChI is InChI=1S/C30H44N2O4/c1-6-8-9-10-11-20-32(29(35)31-26-17-15-25(16-18-26)23(3)4)21-19-24-13-12-14-27(22-24)36-30(5,7-2)28(33)34/h12-18,22-23H,6-11,19-21H2,1-5H3,(H,31,35)(H,33,34). The Balaban J connectivity index is 2.06. The number of ether oxygens (including phenoxy) is 1. The molecule has 6 nitrogen and oxygen atoms in total. The number of aliphatic carboxylic acids is 1. The molecule has 0 radical (unpaired) electrons. The average molecular weight is 497 g/mol. The van der Waals surface area contributed by atoms with E-state index in [2.05, 4.69) is 38.2 Å². The van der Waals surface area contributed by atoms with Crippen molar-refractivity contribution in [3.63, 3.8) is 0 Å². The van der Waals surface area contributed by atoms with Crippen LogP contribution in [0.5, 0.6) is 5.75 Å². The molecule has 198 valence electrons. The molecular weight excluding hydrogens is 452 g/mol. The summed E-state index contributed by atoms with van der Waals surface area (Å²) in [6.07, 6.45) is 6.67. The third-order valence-electron chi connectivity index (χ3n) is 6.69. The number of nitrogens with zero attached hydrogens (tertiary/aromatic N) is 1. The van der Waals surface area contributed by atoms with Gasteiger partial charge in [0.2, 0.25) is 5.60 Å². The lowest BCUT2D eigenvalue weighted by atomic mass is 10.0. The molecule has 0 aliphatic carbocycles. The van der Waals surface area contributed by atoms with Crippen LogP contribution in [0.1, 0.15) is 90.2 Å². The van der Waals surface area contributed by atoms with Crippen molar-refractivity contribution in [2.75, 3.05) is 18.4 Å². The Morgan fingerprint density at radius 2 is 1.69 bits per heavy atom. The molecule has 0 fully saturated rings. The van der Waals surface area contributed by atoms with Gasteiger partial charge in [0, 0.05) is 18.8 Å². The lowest BCUT2D eigenvalue weighted by Crippen LogP contribution is -2.40. The molecule has 0 heterocycles. The summed E-state index contributed by atoms with van der Waals surface area (Å²) >= 11 is 0. The van der Waals surface area contributed by atoms with Crippen molar-refractivity contribution >= 4 is 17.7 Å². The number of benzene rings is 2. The molecule has 0 aliphatic rings. The van der Waals surface area contributed by atoms with Crippen LogP contribution in [0, 0.1) is 0 Å². The van der Waals surface area contributed by atoms with E-state index >= 15 is 0 Å². The molecule has 1 atom stereocenters. The second-order valence-electron chi connectivity index (χ2n) is 10.00. The van der Waals surface area contributed by atoms with Gasteiger partial charge in [-0.2, -0.15) is 0 Å². The summed E-state index contributed by atoms with van der Waals surface area (Å²) in [6, 6.07) is 15.4. The van der Waals surface area contributed by atoms with Gasteiger partial charge in [-0.25, -0.2) is 9.59 Å². The van der Waals surface area contributed by atoms with Crippen molar-refractivity contribution in [3.05, 3.63) is 59.7 Å². The summed E-state index contributed by atoms with van der Waals surface area (Å²) in [6.45, 7) is 11.1. The van der Waals surface area contributed by atoms with Crippen LogP contribution in [0.4, 0.5) is 10.5 Å². The highest BCUT2D eigenvalue weighted by molar-refractivity contribution is 5.89. The van der Waals surface area contributed by atoms with Crippen LogP contribution in [0.15, 0.2) is 48.5 Å². The fourth-order valence-corrected chi connectivity index (χ4v) is 3.93. The first-order valence-electron chi connectivity index (χ1n) is 13.4. The van der Waals surface area contributed by atoms with Crippen LogP contribution < -0.4 is 10.1 Å². The summed E-state index contributed by atoms with van der Waals surface area (Å²) < 4.78 is 5.82. The van der Waals surface area contributed by atoms with Crippen LogP contribution in [-0.2, 0) is 11.2 Å². The van der Waals surface area contributed by atoms with E-state index in [-0.39, 0.29) is 6.03 Å². The Labute approximate surface area is 217 Å². The number of anilines is 1. The molecule has 2 amide bonds. The van der Waals surface area contributed by atoms with Crippen molar-refractivity contribution in [2.45, 2.75) is 91.1 Å². The molecule has 2 aromatic carbocycles. The number of hydrogen-bond donors (Lipinski definition) is 2. The monoisotopic (exact) mass is 496 g/mol. The minimum atomic E-state index is -1.27. The topological polar surface area (TPSA) is 78.9 Å². The number of carbonyl (C=O) groups excluding carboxylic acids is 1. The van der Waals surface area contributed by atoms with E-state index in [9.17, 15) is 14.7 Å². The molecule has 2 N–H and O–H groups in total. The molecule has 0 bridgehead atoms. The minimum absolute atomic E-state index is 0.0976. The number of carboxylic acid groups (broad SMARTS) is 1. The van der Waals surface area contributed by atoms with Gasteiger partial charge in [0.25, 0.3) is 0 Å². The first-order chi connectivity index (χ1) is 17.2. The smallest absolute Gasteiger partial charge is 0.347 e. The maximum atomic E-state index is 13.2. The van der Waals surface area contributed by atoms with Gasteiger partial charge in [0.05, 0.1) is 0 Å². The van der Waals surface area contributed by atoms with Gasteiger partial charge >= 0.3 is 12.0 Å². The Hall–Kier alpha value is -3.02. The largest absolute Gasteiger partial charge is 0.478 e. The Morgan fingerprint density at radius 3 is 2.31 bits per heavy atom. The Bertz CT molecular complexity index is 958. The highest BCUT2D eigenvalue weighted by atomic mass is 16.5. The van der Waals surface area contributed by atoms with E-state index in [0.717, 1.165) is 24.1 Å². The van der Waals surface area contributed by atoms with Crippen LogP contribution in [0.25, 0.3) is 0 Å². The molecular formula is C30H44N2O4. The quantitative estimate of drug-likeness (QED) is 0.250. The van der Waals surface area contributed by atoms with E-state index in [4.69, 9.17) is 4.74 Å². The van der Waals surface area contributed by atoms with E-state index in [1.165, 1.54) is 24.8 Å². The number of amides is 2. The minimum Gasteiger partial charge on any atom is -0.478 e. The van der Waals surface area contributed by atoms with E-state index in [0.29, 0.717) is 37.6 Å². The number of hydrogen-bond acceptors (Lipinski definition) is 3. The van der Waals surface area contributed by atoms with Crippen LogP contribution in [-0.4, -0.2) is 40.7 Å². The zero-order valence-electron chi connectivity index (χ0n) is 22.7. The summed E-state index contributed by atoms with van der Waals surface area (Å²) in [5, 5.41) is 12.6. The zero-order chi connectivity index (χ0) is 26.6. The number of nitrogens with one attached hydrogen (secondary N) is 1. The first-order valence-corrected chi connectivity index (χ1v) is 13.4. The molecule has 1 unspecified atom stereocenters. The van der Waals surface area contributed by atoms with Gasteiger partial charge in [-0.05, 0) is 67.5 Å². The summed E-state index contributed by atoms with van der Waals surface area (Å²) in [4.78, 5) is 26.7. The predicted molar refractivity (Wildman–Crippen MR) is 147 cm³/mol. The van der Waals surface area contributed by atoms with Crippen LogP contribution >= 0.6 is 0 Å². The van der Waals surface area contributed by atoms with Crippen molar-refractivity contribution < 1.29 is 19.4 Å². The van der Waals surface area contributed by atoms with Gasteiger partial charge in [-0.15, -0.1) is 0 Å². The molecule has 0 saturated heterocycles. The molecule has 6 heteroatoms. The fraction of sp³-hybridized carbons (Fsp3) is 0.533. The van der Waals surface area contributed by atoms with Gasteiger partial charge in [-0.1, -0.05) is 77.6 Å². The first kappa shape index (κ1) is 29.2. The average Bonchev–Trinajstić information content (AvgIpc) is 2.86. The molecule has 0 aromatic heterocycles. The maximum Gasteiger partial charge on any atom is 0.347 e. The van der Waals surface area contributed by atoms with E-state index in [1.807, 2.05) is 35.2 Å². The molecule has 2 aromatic rings. The second-order valence-corrected chi connectivity index (χ2v) is 10.00. The molecule has 0 aliphatic heterocycles. The molecule has 2 rings (SSSR count). The summed E-state index contributed by atoms with van der Waals surface area (Å²) in [7, 11) is 0. The Kier molecular flexibility index (Phi) is 11.8. The number of carboxylic acids is 1. The van der Waals surface area contributed by atoms with Gasteiger partial charge < -0.3 is 20.1 Å². The van der Waals surface area contributed by atoms with Crippen molar-refractivity contribution in [2.24, 2.45) is 0 Å². The van der Waals surface area contributed by atoms with Crippen LogP contribution in [0.2, 0.25) is 0 Å². The van der Waals surface area contributed by atoms with Gasteiger partial charge in [0.15, 0.2) is 0 Å². The molecule has 0 saturated carbocycles. The number of unbranched alkanes of at least 4 members (excludes halogenated alkanes) is 4. The van der Waals surface area contributed by atoms with Crippen molar-refractivity contribution in [1.82, 2.24) is 4.90 Å². The van der Waals surface area contributed by atoms with Crippen LogP contribution in [0.3, 0.4) is 0 Å². The lowest BCUT2D eigenvalue weighted by molar-refractivity contribution is -0.154. The maximum absolute atomic E-state index is 13.2. The fourth-order valence-electron chi connectivity index (χ4n) is 3.93. The Morgan fingerprint density at radius 1 is 1.00 bits per heavy atom. The predicted octanol–water partition coefficient (Wildman–Crippen LogP) is 7.49. The SMILES string of the molecule is CCCCCCCN(CCc1cccc(OC(C)(CC)C(=O)O)c1)C(=O)Nc1ccc(C(C)C)cc1. The summed E-state index contributed by atoms with van der Waals surface area (Å²) in [5.41, 5.74) is 1.77. The zero-order valence-corrected chi connectivity index (χ0v) is 22.7. The normalized spacial score (nSPS) is 12.7. The van der Waals surface area contributed by atoms with Gasteiger partial charge in [-0.3, -0.25) is 0 Å². The highest BCUT2D eigenvalue weighted by Gasteiger charge is 2.33. The van der Waals surface area contributed by atoms with E-state index < -0.39 is 11.6 Å².